The van der Waals surface area contributed by atoms with Gasteiger partial charge >= 0.3 is 0 Å². The Labute approximate surface area is 143 Å². The summed E-state index contributed by atoms with van der Waals surface area (Å²) in [5, 5.41) is 7.28. The Balaban J connectivity index is 1.33. The van der Waals surface area contributed by atoms with E-state index in [4.69, 9.17) is 0 Å². The molecule has 4 heterocycles. The lowest BCUT2D eigenvalue weighted by Crippen LogP contribution is -2.49. The van der Waals surface area contributed by atoms with E-state index in [1.54, 1.807) is 6.33 Å². The van der Waals surface area contributed by atoms with Gasteiger partial charge in [0.1, 0.15) is 11.8 Å². The highest BCUT2D eigenvalue weighted by molar-refractivity contribution is 5.94. The molecule has 1 fully saturated rings. The first-order valence-electron chi connectivity index (χ1n) is 8.55. The molecule has 2 N–H and O–H groups in total. The average molecular weight is 338 g/mol. The van der Waals surface area contributed by atoms with Gasteiger partial charge in [-0.2, -0.15) is 5.10 Å². The van der Waals surface area contributed by atoms with Crippen LogP contribution in [0.1, 0.15) is 28.2 Å². The second kappa shape index (κ2) is 5.54. The summed E-state index contributed by atoms with van der Waals surface area (Å²) >= 11 is 0. The van der Waals surface area contributed by atoms with Crippen molar-refractivity contribution in [2.24, 2.45) is 0 Å². The molecule has 0 saturated carbocycles. The van der Waals surface area contributed by atoms with Gasteiger partial charge in [0.2, 0.25) is 0 Å². The van der Waals surface area contributed by atoms with Crippen molar-refractivity contribution in [3.63, 3.8) is 0 Å². The number of carbonyl (C=O) groups is 1. The van der Waals surface area contributed by atoms with Gasteiger partial charge in [0.05, 0.1) is 6.33 Å². The van der Waals surface area contributed by atoms with Crippen LogP contribution in [-0.2, 0) is 12.8 Å². The Morgan fingerprint density at radius 1 is 1.08 bits per heavy atom. The van der Waals surface area contributed by atoms with Gasteiger partial charge in [0, 0.05) is 37.4 Å². The number of amides is 1. The van der Waals surface area contributed by atoms with E-state index < -0.39 is 0 Å². The predicted octanol–water partition coefficient (Wildman–Crippen LogP) is 0.527. The lowest BCUT2D eigenvalue weighted by Gasteiger charge is -2.35. The number of anilines is 1. The first-order valence-corrected chi connectivity index (χ1v) is 8.55. The summed E-state index contributed by atoms with van der Waals surface area (Å²) in [6.45, 7) is 2.76. The number of aryl methyl sites for hydroxylation is 1. The molecule has 1 aliphatic heterocycles. The SMILES string of the molecule is O=C(c1n[nH]c2c1CCC2)N1CCN(c2ncnc3nc[nH]c23)CC1. The van der Waals surface area contributed by atoms with Crippen LogP contribution >= 0.6 is 0 Å². The maximum absolute atomic E-state index is 12.8. The van der Waals surface area contributed by atoms with Crippen molar-refractivity contribution in [1.82, 2.24) is 35.0 Å². The van der Waals surface area contributed by atoms with Crippen LogP contribution < -0.4 is 4.90 Å². The summed E-state index contributed by atoms with van der Waals surface area (Å²) in [7, 11) is 0. The third-order valence-corrected chi connectivity index (χ3v) is 5.08. The van der Waals surface area contributed by atoms with Crippen LogP contribution in [0.15, 0.2) is 12.7 Å². The van der Waals surface area contributed by atoms with Crippen LogP contribution in [0, 0.1) is 0 Å². The summed E-state index contributed by atoms with van der Waals surface area (Å²) in [6, 6.07) is 0. The molecule has 0 aromatic carbocycles. The molecule has 0 unspecified atom stereocenters. The summed E-state index contributed by atoms with van der Waals surface area (Å²) in [4.78, 5) is 32.7. The fourth-order valence-corrected chi connectivity index (χ4v) is 3.76. The van der Waals surface area contributed by atoms with Crippen molar-refractivity contribution < 1.29 is 4.79 Å². The molecule has 0 atom stereocenters. The normalized spacial score (nSPS) is 17.3. The highest BCUT2D eigenvalue weighted by atomic mass is 16.2. The number of nitrogens with one attached hydrogen (secondary N) is 2. The van der Waals surface area contributed by atoms with Crippen molar-refractivity contribution in [3.8, 4) is 0 Å². The molecule has 3 aromatic heterocycles. The molecule has 0 spiro atoms. The van der Waals surface area contributed by atoms with Crippen LogP contribution in [0.5, 0.6) is 0 Å². The third kappa shape index (κ3) is 2.26. The van der Waals surface area contributed by atoms with Gasteiger partial charge in [0.25, 0.3) is 5.91 Å². The molecule has 9 nitrogen and oxygen atoms in total. The molecule has 3 aromatic rings. The minimum Gasteiger partial charge on any atom is -0.351 e. The fraction of sp³-hybridized carbons (Fsp3) is 0.438. The molecular formula is C16H18N8O. The van der Waals surface area contributed by atoms with Gasteiger partial charge in [-0.1, -0.05) is 0 Å². The zero-order valence-electron chi connectivity index (χ0n) is 13.7. The maximum atomic E-state index is 12.8. The predicted molar refractivity (Wildman–Crippen MR) is 90.4 cm³/mol. The van der Waals surface area contributed by atoms with Crippen molar-refractivity contribution >= 4 is 22.9 Å². The summed E-state index contributed by atoms with van der Waals surface area (Å²) < 4.78 is 0. The number of fused-ring (bicyclic) bond motifs is 2. The van der Waals surface area contributed by atoms with Crippen LogP contribution in [0.2, 0.25) is 0 Å². The number of H-pyrrole nitrogens is 2. The molecule has 1 saturated heterocycles. The fourth-order valence-electron chi connectivity index (χ4n) is 3.76. The molecule has 9 heteroatoms. The van der Waals surface area contributed by atoms with E-state index >= 15 is 0 Å². The van der Waals surface area contributed by atoms with Crippen molar-refractivity contribution in [2.75, 3.05) is 31.1 Å². The van der Waals surface area contributed by atoms with Crippen LogP contribution in [0.4, 0.5) is 5.82 Å². The minimum atomic E-state index is 0.0356. The summed E-state index contributed by atoms with van der Waals surface area (Å²) in [5.74, 6) is 0.878. The van der Waals surface area contributed by atoms with Gasteiger partial charge in [0.15, 0.2) is 17.2 Å². The largest absolute Gasteiger partial charge is 0.351 e. The van der Waals surface area contributed by atoms with Gasteiger partial charge in [-0.3, -0.25) is 9.89 Å². The molecule has 0 bridgehead atoms. The van der Waals surface area contributed by atoms with E-state index in [-0.39, 0.29) is 5.91 Å². The number of rotatable bonds is 2. The van der Waals surface area contributed by atoms with Gasteiger partial charge in [-0.25, -0.2) is 15.0 Å². The topological polar surface area (TPSA) is 107 Å². The molecule has 128 valence electrons. The third-order valence-electron chi connectivity index (χ3n) is 5.08. The molecule has 25 heavy (non-hydrogen) atoms. The summed E-state index contributed by atoms with van der Waals surface area (Å²) in [6.07, 6.45) is 6.21. The van der Waals surface area contributed by atoms with E-state index in [9.17, 15) is 4.79 Å². The molecule has 0 radical (unpaired) electrons. The van der Waals surface area contributed by atoms with Crippen LogP contribution in [-0.4, -0.2) is 67.1 Å². The monoisotopic (exact) mass is 338 g/mol. The Morgan fingerprint density at radius 3 is 2.84 bits per heavy atom. The van der Waals surface area contributed by atoms with Crippen LogP contribution in [0.25, 0.3) is 11.2 Å². The first kappa shape index (κ1) is 14.4. The van der Waals surface area contributed by atoms with E-state index in [0.29, 0.717) is 24.4 Å². The van der Waals surface area contributed by atoms with E-state index in [2.05, 4.69) is 35.0 Å². The number of nitrogens with zero attached hydrogens (tertiary/aromatic N) is 6. The highest BCUT2D eigenvalue weighted by Crippen LogP contribution is 2.25. The van der Waals surface area contributed by atoms with E-state index in [0.717, 1.165) is 54.9 Å². The van der Waals surface area contributed by atoms with Crippen molar-refractivity contribution in [2.45, 2.75) is 19.3 Å². The van der Waals surface area contributed by atoms with E-state index in [1.807, 2.05) is 4.90 Å². The standard InChI is InChI=1S/C16H18N8O/c25-16(12-10-2-1-3-11(10)21-22-12)24-6-4-23(5-7-24)15-13-14(18-8-17-13)19-9-20-15/h8-9H,1-7H2,(H,21,22)(H,17,18,19,20). The molecule has 1 amide bonds. The Bertz CT molecular complexity index is 937. The Morgan fingerprint density at radius 2 is 1.96 bits per heavy atom. The second-order valence-corrected chi connectivity index (χ2v) is 6.46. The lowest BCUT2D eigenvalue weighted by atomic mass is 10.1. The molecule has 1 aliphatic carbocycles. The molecular weight excluding hydrogens is 320 g/mol. The molecule has 2 aliphatic rings. The first-order chi connectivity index (χ1) is 12.3. The number of carbonyl (C=O) groups excluding carboxylic acids is 1. The van der Waals surface area contributed by atoms with Crippen molar-refractivity contribution in [3.05, 3.63) is 29.6 Å². The number of hydrogen-bond donors (Lipinski definition) is 2. The zero-order valence-corrected chi connectivity index (χ0v) is 13.7. The van der Waals surface area contributed by atoms with E-state index in [1.165, 1.54) is 6.33 Å². The quantitative estimate of drug-likeness (QED) is 0.706. The zero-order chi connectivity index (χ0) is 16.8. The maximum Gasteiger partial charge on any atom is 0.274 e. The number of hydrogen-bond acceptors (Lipinski definition) is 6. The number of imidazole rings is 1. The van der Waals surface area contributed by atoms with Gasteiger partial charge in [-0.05, 0) is 19.3 Å². The number of piperazine rings is 1. The minimum absolute atomic E-state index is 0.0356. The van der Waals surface area contributed by atoms with Gasteiger partial charge < -0.3 is 14.8 Å². The van der Waals surface area contributed by atoms with Crippen molar-refractivity contribution in [1.29, 1.82) is 0 Å². The average Bonchev–Trinajstić information content (AvgIpc) is 3.37. The smallest absolute Gasteiger partial charge is 0.274 e. The Kier molecular flexibility index (Phi) is 3.19. The van der Waals surface area contributed by atoms with Gasteiger partial charge in [-0.15, -0.1) is 0 Å². The van der Waals surface area contributed by atoms with Crippen LogP contribution in [0.3, 0.4) is 0 Å². The number of aromatic amines is 2. The molecule has 5 rings (SSSR count). The Hall–Kier alpha value is -2.97. The lowest BCUT2D eigenvalue weighted by molar-refractivity contribution is 0.0739. The highest BCUT2D eigenvalue weighted by Gasteiger charge is 2.29. The second-order valence-electron chi connectivity index (χ2n) is 6.46. The number of aromatic nitrogens is 6. The summed E-state index contributed by atoms with van der Waals surface area (Å²) in [5.41, 5.74) is 4.36.